The molecule has 0 saturated carbocycles. The largest absolute Gasteiger partial charge is 0.378 e. The van der Waals surface area contributed by atoms with Crippen LogP contribution in [0.15, 0.2) is 35.3 Å². The second kappa shape index (κ2) is 4.33. The molecular weight excluding hydrogens is 236 g/mol. The van der Waals surface area contributed by atoms with Gasteiger partial charge in [0.15, 0.2) is 4.74 Å². The molecule has 0 unspecified atom stereocenters. The average Bonchev–Trinajstić information content (AvgIpc) is 2.05. The van der Waals surface area contributed by atoms with E-state index in [1.165, 1.54) is 0 Å². The van der Waals surface area contributed by atoms with E-state index in [2.05, 4.69) is 20.9 Å². The van der Waals surface area contributed by atoms with Gasteiger partial charge < -0.3 is 5.73 Å². The third-order valence-corrected chi connectivity index (χ3v) is 1.73. The summed E-state index contributed by atoms with van der Waals surface area (Å²) in [6.45, 7) is 0. The zero-order valence-electron chi connectivity index (χ0n) is 6.20. The van der Waals surface area contributed by atoms with E-state index in [0.717, 1.165) is 5.56 Å². The molecule has 0 saturated heterocycles. The maximum Gasteiger partial charge on any atom is 0.169 e. The van der Waals surface area contributed by atoms with Gasteiger partial charge in [-0.25, -0.2) is 4.99 Å². The van der Waals surface area contributed by atoms with Crippen LogP contribution in [-0.2, 0) is 0 Å². The summed E-state index contributed by atoms with van der Waals surface area (Å²) in [7, 11) is 0. The van der Waals surface area contributed by atoms with E-state index in [4.69, 9.17) is 18.0 Å². The van der Waals surface area contributed by atoms with Crippen LogP contribution >= 0.6 is 28.1 Å². The Morgan fingerprint density at radius 1 is 1.33 bits per heavy atom. The van der Waals surface area contributed by atoms with Crippen LogP contribution in [0.25, 0.3) is 0 Å². The van der Waals surface area contributed by atoms with Gasteiger partial charge in [-0.15, -0.1) is 0 Å². The molecule has 0 heterocycles. The number of nitrogens with two attached hydrogens (primary N) is 1. The molecule has 0 amide bonds. The summed E-state index contributed by atoms with van der Waals surface area (Å²) in [6.07, 6.45) is 0. The molecular formula is C8H7BrN2S. The molecule has 0 aliphatic heterocycles. The SMILES string of the molecule is NC(Br)=NC(=S)c1ccccc1. The van der Waals surface area contributed by atoms with Gasteiger partial charge >= 0.3 is 0 Å². The first-order valence-electron chi connectivity index (χ1n) is 3.29. The zero-order valence-corrected chi connectivity index (χ0v) is 8.60. The maximum absolute atomic E-state index is 5.31. The number of halogens is 1. The highest BCUT2D eigenvalue weighted by Gasteiger charge is 1.96. The van der Waals surface area contributed by atoms with Crippen LogP contribution in [0.3, 0.4) is 0 Å². The maximum atomic E-state index is 5.31. The number of nitrogens with zero attached hydrogens (tertiary/aromatic N) is 1. The predicted octanol–water partition coefficient (Wildman–Crippen LogP) is 2.07. The fourth-order valence-electron chi connectivity index (χ4n) is 0.742. The Bertz CT molecular complexity index is 304. The van der Waals surface area contributed by atoms with Gasteiger partial charge in [0.05, 0.1) is 0 Å². The lowest BCUT2D eigenvalue weighted by atomic mass is 10.2. The molecule has 0 bridgehead atoms. The van der Waals surface area contributed by atoms with Crippen molar-refractivity contribution in [2.24, 2.45) is 10.7 Å². The van der Waals surface area contributed by atoms with Crippen molar-refractivity contribution in [3.05, 3.63) is 35.9 Å². The van der Waals surface area contributed by atoms with Crippen LogP contribution in [0.2, 0.25) is 0 Å². The van der Waals surface area contributed by atoms with Crippen molar-refractivity contribution in [3.63, 3.8) is 0 Å². The molecule has 0 spiro atoms. The molecule has 1 rings (SSSR count). The van der Waals surface area contributed by atoms with Gasteiger partial charge in [0, 0.05) is 5.56 Å². The Morgan fingerprint density at radius 3 is 2.42 bits per heavy atom. The van der Waals surface area contributed by atoms with Crippen LogP contribution in [0.5, 0.6) is 0 Å². The summed E-state index contributed by atoms with van der Waals surface area (Å²) in [6, 6.07) is 9.51. The van der Waals surface area contributed by atoms with Crippen LogP contribution in [0.1, 0.15) is 5.56 Å². The first-order chi connectivity index (χ1) is 5.70. The fraction of sp³-hybridized carbons (Fsp3) is 0. The highest BCUT2D eigenvalue weighted by atomic mass is 79.9. The molecule has 12 heavy (non-hydrogen) atoms. The van der Waals surface area contributed by atoms with E-state index in [1.807, 2.05) is 30.3 Å². The molecule has 1 aromatic rings. The van der Waals surface area contributed by atoms with Crippen molar-refractivity contribution in [1.29, 1.82) is 0 Å². The van der Waals surface area contributed by atoms with Gasteiger partial charge in [-0.3, -0.25) is 0 Å². The van der Waals surface area contributed by atoms with Gasteiger partial charge in [0.1, 0.15) is 4.99 Å². The first-order valence-corrected chi connectivity index (χ1v) is 4.49. The second-order valence-corrected chi connectivity index (χ2v) is 3.30. The summed E-state index contributed by atoms with van der Waals surface area (Å²) >= 11 is 8.01. The number of hydrogen-bond acceptors (Lipinski definition) is 1. The normalized spacial score (nSPS) is 11.2. The van der Waals surface area contributed by atoms with Crippen molar-refractivity contribution in [2.45, 2.75) is 0 Å². The van der Waals surface area contributed by atoms with Gasteiger partial charge in [0.25, 0.3) is 0 Å². The van der Waals surface area contributed by atoms with E-state index >= 15 is 0 Å². The van der Waals surface area contributed by atoms with E-state index in [-0.39, 0.29) is 0 Å². The van der Waals surface area contributed by atoms with Crippen LogP contribution in [-0.4, -0.2) is 9.73 Å². The molecule has 0 radical (unpaired) electrons. The zero-order chi connectivity index (χ0) is 8.97. The summed E-state index contributed by atoms with van der Waals surface area (Å²) in [4.78, 5) is 4.38. The topological polar surface area (TPSA) is 38.4 Å². The first kappa shape index (κ1) is 9.35. The minimum Gasteiger partial charge on any atom is -0.378 e. The molecule has 4 heteroatoms. The van der Waals surface area contributed by atoms with Crippen LogP contribution < -0.4 is 5.73 Å². The highest BCUT2D eigenvalue weighted by Crippen LogP contribution is 2.02. The molecule has 2 nitrogen and oxygen atoms in total. The van der Waals surface area contributed by atoms with Gasteiger partial charge in [0.2, 0.25) is 0 Å². The van der Waals surface area contributed by atoms with Gasteiger partial charge in [-0.05, 0) is 15.9 Å². The predicted molar refractivity (Wildman–Crippen MR) is 58.7 cm³/mol. The number of amidine groups is 1. The molecule has 0 aliphatic rings. The number of aliphatic imine (C=N–C) groups is 1. The van der Waals surface area contributed by atoms with Crippen molar-refractivity contribution in [3.8, 4) is 0 Å². The second-order valence-electron chi connectivity index (χ2n) is 2.11. The van der Waals surface area contributed by atoms with E-state index in [1.54, 1.807) is 0 Å². The monoisotopic (exact) mass is 242 g/mol. The molecule has 2 N–H and O–H groups in total. The molecule has 0 fully saturated rings. The van der Waals surface area contributed by atoms with Gasteiger partial charge in [-0.2, -0.15) is 0 Å². The summed E-state index contributed by atoms with van der Waals surface area (Å²) in [5, 5.41) is 0. The van der Waals surface area contributed by atoms with E-state index in [0.29, 0.717) is 9.73 Å². The summed E-state index contributed by atoms with van der Waals surface area (Å²) < 4.78 is 0.302. The lowest BCUT2D eigenvalue weighted by Crippen LogP contribution is -2.05. The number of thiocarbonyl (C=S) groups is 1. The summed E-state index contributed by atoms with van der Waals surface area (Å²) in [5.41, 5.74) is 6.21. The molecule has 0 atom stereocenters. The quantitative estimate of drug-likeness (QED) is 0.355. The lowest BCUT2D eigenvalue weighted by Gasteiger charge is -1.96. The lowest BCUT2D eigenvalue weighted by molar-refractivity contribution is 1.60. The van der Waals surface area contributed by atoms with E-state index < -0.39 is 0 Å². The smallest absolute Gasteiger partial charge is 0.169 e. The minimum absolute atomic E-state index is 0.302. The summed E-state index contributed by atoms with van der Waals surface area (Å²) in [5.74, 6) is 0. The van der Waals surface area contributed by atoms with Crippen LogP contribution in [0, 0.1) is 0 Å². The average molecular weight is 243 g/mol. The Hall–Kier alpha value is -0.740. The third kappa shape index (κ3) is 2.71. The van der Waals surface area contributed by atoms with Crippen molar-refractivity contribution < 1.29 is 0 Å². The molecule has 1 aromatic carbocycles. The third-order valence-electron chi connectivity index (χ3n) is 1.23. The Balaban J connectivity index is 2.87. The minimum atomic E-state index is 0.302. The Kier molecular flexibility index (Phi) is 3.37. The molecule has 62 valence electrons. The fourth-order valence-corrected chi connectivity index (χ4v) is 1.27. The van der Waals surface area contributed by atoms with Gasteiger partial charge in [-0.1, -0.05) is 42.5 Å². The number of rotatable bonds is 1. The molecule has 0 aliphatic carbocycles. The number of benzene rings is 1. The Morgan fingerprint density at radius 2 is 1.92 bits per heavy atom. The Labute approximate surface area is 84.6 Å². The number of hydrogen-bond donors (Lipinski definition) is 1. The highest BCUT2D eigenvalue weighted by molar-refractivity contribution is 9.18. The van der Waals surface area contributed by atoms with Crippen LogP contribution in [0.4, 0.5) is 0 Å². The van der Waals surface area contributed by atoms with Crippen molar-refractivity contribution >= 4 is 37.9 Å². The van der Waals surface area contributed by atoms with E-state index in [9.17, 15) is 0 Å². The van der Waals surface area contributed by atoms with Crippen molar-refractivity contribution in [1.82, 2.24) is 0 Å². The standard InChI is InChI=1S/C8H7BrN2S/c9-8(10)11-7(12)6-4-2-1-3-5-6/h1-5H,(H2,10,11,12). The molecule has 0 aromatic heterocycles. The van der Waals surface area contributed by atoms with Crippen molar-refractivity contribution in [2.75, 3.05) is 0 Å².